The summed E-state index contributed by atoms with van der Waals surface area (Å²) in [6.07, 6.45) is 8.50. The number of pyridine rings is 2. The van der Waals surface area contributed by atoms with Crippen LogP contribution in [0, 0.1) is 0 Å². The van der Waals surface area contributed by atoms with Crippen molar-refractivity contribution in [3.63, 3.8) is 0 Å². The Bertz CT molecular complexity index is 1310. The Morgan fingerprint density at radius 3 is 2.86 bits per heavy atom. The van der Waals surface area contributed by atoms with E-state index >= 15 is 0 Å². The van der Waals surface area contributed by atoms with Crippen LogP contribution < -0.4 is 5.32 Å². The average molecular weight is 489 g/mol. The molecule has 10 nitrogen and oxygen atoms in total. The third kappa shape index (κ3) is 5.67. The zero-order valence-corrected chi connectivity index (χ0v) is 20.7. The lowest BCUT2D eigenvalue weighted by molar-refractivity contribution is -0.0280. The first kappa shape index (κ1) is 24.2. The van der Waals surface area contributed by atoms with Crippen molar-refractivity contribution in [2.45, 2.75) is 38.8 Å². The minimum absolute atomic E-state index is 0.0914. The van der Waals surface area contributed by atoms with Gasteiger partial charge in [-0.3, -0.25) is 14.6 Å². The molecule has 1 atom stereocenters. The van der Waals surface area contributed by atoms with E-state index < -0.39 is 0 Å². The summed E-state index contributed by atoms with van der Waals surface area (Å²) in [5.74, 6) is 1.73. The fourth-order valence-electron chi connectivity index (χ4n) is 4.35. The molecule has 1 aliphatic rings. The number of hydrogen-bond donors (Lipinski definition) is 2. The van der Waals surface area contributed by atoms with Gasteiger partial charge in [0.1, 0.15) is 5.82 Å². The van der Waals surface area contributed by atoms with Crippen molar-refractivity contribution >= 4 is 22.7 Å². The molecule has 0 radical (unpaired) electrons. The molecule has 0 spiro atoms. The zero-order valence-electron chi connectivity index (χ0n) is 20.7. The standard InChI is InChI=1S/C26H32N8O2/c1-18(2)19-11-26(32-28-13-19)31-25-5-4-23-24(30-25)10-20(12-27-23)21-14-29-34(15-21)7-3-6-33-8-9-36-17-22(33)16-35/h4-5,10-15,18,22,35H,3,6-9,16-17H2,1-2H3,(H,30,31,32). The number of nitrogens with zero attached hydrogens (tertiary/aromatic N) is 7. The maximum atomic E-state index is 9.54. The van der Waals surface area contributed by atoms with Crippen LogP contribution in [0.4, 0.5) is 11.6 Å². The fourth-order valence-corrected chi connectivity index (χ4v) is 4.35. The van der Waals surface area contributed by atoms with Gasteiger partial charge in [-0.2, -0.15) is 10.2 Å². The number of morpholine rings is 1. The third-order valence-corrected chi connectivity index (χ3v) is 6.50. The van der Waals surface area contributed by atoms with Crippen LogP contribution in [0.5, 0.6) is 0 Å². The third-order valence-electron chi connectivity index (χ3n) is 6.50. The van der Waals surface area contributed by atoms with Crippen molar-refractivity contribution in [2.75, 3.05) is 38.2 Å². The Hall–Kier alpha value is -3.47. The lowest BCUT2D eigenvalue weighted by Crippen LogP contribution is -2.47. The SMILES string of the molecule is CC(C)c1cnnc(Nc2ccc3ncc(-c4cnn(CCCN5CCOCC5CO)c4)cc3n2)c1. The molecule has 0 aliphatic carbocycles. The molecule has 0 saturated carbocycles. The predicted octanol–water partition coefficient (Wildman–Crippen LogP) is 3.23. The molecule has 0 bridgehead atoms. The molecule has 188 valence electrons. The number of aliphatic hydroxyl groups is 1. The van der Waals surface area contributed by atoms with E-state index in [4.69, 9.17) is 9.72 Å². The Kier molecular flexibility index (Phi) is 7.45. The van der Waals surface area contributed by atoms with Gasteiger partial charge in [0.25, 0.3) is 0 Å². The summed E-state index contributed by atoms with van der Waals surface area (Å²) in [4.78, 5) is 11.6. The first-order chi connectivity index (χ1) is 17.6. The van der Waals surface area contributed by atoms with E-state index in [9.17, 15) is 5.11 Å². The van der Waals surface area contributed by atoms with Gasteiger partial charge < -0.3 is 15.2 Å². The van der Waals surface area contributed by atoms with Crippen LogP contribution >= 0.6 is 0 Å². The molecular weight excluding hydrogens is 456 g/mol. The minimum atomic E-state index is 0.0914. The normalized spacial score (nSPS) is 16.6. The van der Waals surface area contributed by atoms with Crippen LogP contribution in [0.1, 0.15) is 31.7 Å². The number of anilines is 2. The zero-order chi connectivity index (χ0) is 24.9. The monoisotopic (exact) mass is 488 g/mol. The van der Waals surface area contributed by atoms with Crippen LogP contribution in [0.2, 0.25) is 0 Å². The quantitative estimate of drug-likeness (QED) is 0.366. The number of aromatic nitrogens is 6. The molecule has 1 saturated heterocycles. The number of fused-ring (bicyclic) bond motifs is 1. The second kappa shape index (κ2) is 11.1. The topological polar surface area (TPSA) is 114 Å². The molecule has 0 aromatic carbocycles. The molecule has 0 amide bonds. The highest BCUT2D eigenvalue weighted by Gasteiger charge is 2.21. The molecule has 1 unspecified atom stereocenters. The smallest absolute Gasteiger partial charge is 0.154 e. The van der Waals surface area contributed by atoms with E-state index in [-0.39, 0.29) is 12.6 Å². The highest BCUT2D eigenvalue weighted by Crippen LogP contribution is 2.24. The first-order valence-electron chi connectivity index (χ1n) is 12.4. The number of ether oxygens (including phenoxy) is 1. The number of aliphatic hydroxyl groups excluding tert-OH is 1. The van der Waals surface area contributed by atoms with Gasteiger partial charge in [0.2, 0.25) is 0 Å². The second-order valence-electron chi connectivity index (χ2n) is 9.41. The number of aryl methyl sites for hydroxylation is 1. The predicted molar refractivity (Wildman–Crippen MR) is 138 cm³/mol. The summed E-state index contributed by atoms with van der Waals surface area (Å²) in [7, 11) is 0. The van der Waals surface area contributed by atoms with Crippen molar-refractivity contribution in [3.05, 3.63) is 54.6 Å². The maximum Gasteiger partial charge on any atom is 0.154 e. The van der Waals surface area contributed by atoms with E-state index in [0.29, 0.717) is 24.2 Å². The number of rotatable bonds is 9. The van der Waals surface area contributed by atoms with Gasteiger partial charge in [-0.15, -0.1) is 5.10 Å². The van der Waals surface area contributed by atoms with Gasteiger partial charge in [-0.05, 0) is 42.2 Å². The van der Waals surface area contributed by atoms with Crippen LogP contribution in [0.3, 0.4) is 0 Å². The van der Waals surface area contributed by atoms with Crippen LogP contribution in [-0.2, 0) is 11.3 Å². The lowest BCUT2D eigenvalue weighted by Gasteiger charge is -2.34. The number of nitrogens with one attached hydrogen (secondary N) is 1. The van der Waals surface area contributed by atoms with Gasteiger partial charge in [-0.1, -0.05) is 13.8 Å². The van der Waals surface area contributed by atoms with Gasteiger partial charge in [-0.25, -0.2) is 4.98 Å². The molecule has 5 heterocycles. The van der Waals surface area contributed by atoms with Crippen molar-refractivity contribution < 1.29 is 9.84 Å². The van der Waals surface area contributed by atoms with Crippen molar-refractivity contribution in [1.82, 2.24) is 34.8 Å². The Balaban J connectivity index is 1.26. The highest BCUT2D eigenvalue weighted by molar-refractivity contribution is 5.81. The van der Waals surface area contributed by atoms with Crippen LogP contribution in [-0.4, -0.2) is 78.9 Å². The van der Waals surface area contributed by atoms with Crippen molar-refractivity contribution in [1.29, 1.82) is 0 Å². The first-order valence-corrected chi connectivity index (χ1v) is 12.4. The van der Waals surface area contributed by atoms with Gasteiger partial charge in [0.05, 0.1) is 49.3 Å². The highest BCUT2D eigenvalue weighted by atomic mass is 16.5. The van der Waals surface area contributed by atoms with Gasteiger partial charge in [0, 0.05) is 43.2 Å². The number of hydrogen-bond acceptors (Lipinski definition) is 9. The largest absolute Gasteiger partial charge is 0.395 e. The fraction of sp³-hybridized carbons (Fsp3) is 0.423. The van der Waals surface area contributed by atoms with E-state index in [2.05, 4.69) is 44.3 Å². The van der Waals surface area contributed by atoms with Gasteiger partial charge in [0.15, 0.2) is 5.82 Å². The summed E-state index contributed by atoms with van der Waals surface area (Å²) in [6.45, 7) is 8.27. The van der Waals surface area contributed by atoms with E-state index in [1.807, 2.05) is 47.5 Å². The van der Waals surface area contributed by atoms with Crippen molar-refractivity contribution in [3.8, 4) is 11.1 Å². The molecule has 36 heavy (non-hydrogen) atoms. The molecule has 4 aromatic rings. The summed E-state index contributed by atoms with van der Waals surface area (Å²) < 4.78 is 7.42. The summed E-state index contributed by atoms with van der Waals surface area (Å²) >= 11 is 0. The Morgan fingerprint density at radius 1 is 1.08 bits per heavy atom. The van der Waals surface area contributed by atoms with Crippen molar-refractivity contribution in [2.24, 2.45) is 0 Å². The van der Waals surface area contributed by atoms with Crippen LogP contribution in [0.15, 0.2) is 49.1 Å². The molecule has 1 fully saturated rings. The minimum Gasteiger partial charge on any atom is -0.395 e. The molecule has 4 aromatic heterocycles. The van der Waals surface area contributed by atoms with Gasteiger partial charge >= 0.3 is 0 Å². The summed E-state index contributed by atoms with van der Waals surface area (Å²) in [6, 6.07) is 7.96. The molecule has 2 N–H and O–H groups in total. The van der Waals surface area contributed by atoms with Crippen LogP contribution in [0.25, 0.3) is 22.2 Å². The molecule has 5 rings (SSSR count). The second-order valence-corrected chi connectivity index (χ2v) is 9.41. The average Bonchev–Trinajstić information content (AvgIpc) is 3.37. The Labute approximate surface area is 210 Å². The molecule has 10 heteroatoms. The molecular formula is C26H32N8O2. The maximum absolute atomic E-state index is 9.54. The van der Waals surface area contributed by atoms with E-state index in [1.54, 1.807) is 6.20 Å². The lowest BCUT2D eigenvalue weighted by atomic mass is 10.1. The summed E-state index contributed by atoms with van der Waals surface area (Å²) in [5.41, 5.74) is 4.70. The van der Waals surface area contributed by atoms with E-state index in [1.165, 1.54) is 0 Å². The Morgan fingerprint density at radius 2 is 2.00 bits per heavy atom. The molecule has 1 aliphatic heterocycles. The summed E-state index contributed by atoms with van der Waals surface area (Å²) in [5, 5.41) is 25.6. The van der Waals surface area contributed by atoms with E-state index in [0.717, 1.165) is 60.4 Å².